The molecule has 0 bridgehead atoms. The van der Waals surface area contributed by atoms with Crippen LogP contribution in [0.25, 0.3) is 39.1 Å². The molecule has 0 atom stereocenters. The van der Waals surface area contributed by atoms with Crippen molar-refractivity contribution in [2.24, 2.45) is 0 Å². The third kappa shape index (κ3) is 3.23. The van der Waals surface area contributed by atoms with E-state index in [0.29, 0.717) is 29.3 Å². The number of aromatic amines is 1. The third-order valence-corrected chi connectivity index (χ3v) is 5.43. The standard InChI is InChI=1S/C22H23N7O2/c1-14(2)28-13-23-25-21(28)17-5-4-6-20(24-17)29-22(30)16-12-19-15(11-18(16)26-29)7-8-27(19)9-10-31-3/h4-8,11-14,26H,9-10H2,1-3H3. The van der Waals surface area contributed by atoms with Crippen LogP contribution in [0.1, 0.15) is 19.9 Å². The van der Waals surface area contributed by atoms with Crippen LogP contribution in [0, 0.1) is 0 Å². The van der Waals surface area contributed by atoms with Gasteiger partial charge in [-0.25, -0.2) is 9.67 Å². The van der Waals surface area contributed by atoms with Crippen molar-refractivity contribution in [1.82, 2.24) is 34.1 Å². The summed E-state index contributed by atoms with van der Waals surface area (Å²) in [5.41, 5.74) is 2.27. The summed E-state index contributed by atoms with van der Waals surface area (Å²) in [5, 5.41) is 13.1. The number of nitrogens with one attached hydrogen (secondary N) is 1. The van der Waals surface area contributed by atoms with Crippen LogP contribution >= 0.6 is 0 Å². The summed E-state index contributed by atoms with van der Waals surface area (Å²) in [6.45, 7) is 5.45. The Morgan fingerprint density at radius 3 is 2.87 bits per heavy atom. The summed E-state index contributed by atoms with van der Waals surface area (Å²) in [6.07, 6.45) is 3.70. The molecule has 0 radical (unpaired) electrons. The Balaban J connectivity index is 1.61. The molecule has 0 aliphatic heterocycles. The lowest BCUT2D eigenvalue weighted by Crippen LogP contribution is -2.16. The van der Waals surface area contributed by atoms with E-state index >= 15 is 0 Å². The zero-order chi connectivity index (χ0) is 21.5. The summed E-state index contributed by atoms with van der Waals surface area (Å²) in [6, 6.07) is 11.7. The summed E-state index contributed by atoms with van der Waals surface area (Å²) in [7, 11) is 1.68. The van der Waals surface area contributed by atoms with Crippen molar-refractivity contribution >= 4 is 21.8 Å². The zero-order valence-corrected chi connectivity index (χ0v) is 17.6. The smallest absolute Gasteiger partial charge is 0.280 e. The Morgan fingerprint density at radius 2 is 2.06 bits per heavy atom. The van der Waals surface area contributed by atoms with Gasteiger partial charge in [0.05, 0.1) is 17.5 Å². The average Bonchev–Trinajstić information content (AvgIpc) is 3.49. The van der Waals surface area contributed by atoms with E-state index in [4.69, 9.17) is 4.74 Å². The van der Waals surface area contributed by atoms with Gasteiger partial charge in [0.15, 0.2) is 11.6 Å². The van der Waals surface area contributed by atoms with Crippen LogP contribution in [0.5, 0.6) is 0 Å². The average molecular weight is 417 g/mol. The number of benzene rings is 1. The lowest BCUT2D eigenvalue weighted by Gasteiger charge is -2.10. The predicted octanol–water partition coefficient (Wildman–Crippen LogP) is 3.15. The van der Waals surface area contributed by atoms with Crippen molar-refractivity contribution < 1.29 is 4.74 Å². The van der Waals surface area contributed by atoms with Gasteiger partial charge < -0.3 is 13.9 Å². The van der Waals surface area contributed by atoms with Crippen LogP contribution in [0.15, 0.2) is 53.7 Å². The van der Waals surface area contributed by atoms with Crippen LogP contribution in [0.2, 0.25) is 0 Å². The molecule has 0 aliphatic carbocycles. The fourth-order valence-corrected chi connectivity index (χ4v) is 3.82. The molecule has 31 heavy (non-hydrogen) atoms. The first kappa shape index (κ1) is 19.3. The minimum Gasteiger partial charge on any atom is -0.383 e. The first-order chi connectivity index (χ1) is 15.1. The summed E-state index contributed by atoms with van der Waals surface area (Å²) >= 11 is 0. The minimum atomic E-state index is -0.147. The number of aromatic nitrogens is 7. The van der Waals surface area contributed by atoms with Gasteiger partial charge in [-0.1, -0.05) is 6.07 Å². The van der Waals surface area contributed by atoms with E-state index in [1.165, 1.54) is 4.68 Å². The maximum Gasteiger partial charge on any atom is 0.280 e. The number of rotatable bonds is 6. The van der Waals surface area contributed by atoms with Crippen LogP contribution in [0.4, 0.5) is 0 Å². The first-order valence-corrected chi connectivity index (χ1v) is 10.2. The minimum absolute atomic E-state index is 0.147. The van der Waals surface area contributed by atoms with Gasteiger partial charge in [-0.15, -0.1) is 10.2 Å². The number of hydrogen-bond acceptors (Lipinski definition) is 5. The molecule has 9 heteroatoms. The fourth-order valence-electron chi connectivity index (χ4n) is 3.82. The van der Waals surface area contributed by atoms with Gasteiger partial charge in [-0.05, 0) is 44.2 Å². The lowest BCUT2D eigenvalue weighted by molar-refractivity contribution is 0.188. The van der Waals surface area contributed by atoms with Gasteiger partial charge >= 0.3 is 0 Å². The molecular weight excluding hydrogens is 394 g/mol. The highest BCUT2D eigenvalue weighted by Crippen LogP contribution is 2.23. The molecule has 0 fully saturated rings. The summed E-state index contributed by atoms with van der Waals surface area (Å²) < 4.78 is 10.7. The highest BCUT2D eigenvalue weighted by atomic mass is 16.5. The van der Waals surface area contributed by atoms with E-state index in [9.17, 15) is 4.79 Å². The van der Waals surface area contributed by atoms with Crippen molar-refractivity contribution in [3.05, 3.63) is 59.3 Å². The topological polar surface area (TPSA) is 95.6 Å². The van der Waals surface area contributed by atoms with E-state index in [2.05, 4.69) is 38.7 Å². The number of ether oxygens (including phenoxy) is 1. The second kappa shape index (κ2) is 7.51. The third-order valence-electron chi connectivity index (χ3n) is 5.43. The molecule has 0 saturated heterocycles. The molecule has 4 heterocycles. The van der Waals surface area contributed by atoms with Gasteiger partial charge in [-0.2, -0.15) is 0 Å². The fraction of sp³-hybridized carbons (Fsp3) is 0.273. The molecule has 9 nitrogen and oxygen atoms in total. The molecule has 1 N–H and O–H groups in total. The van der Waals surface area contributed by atoms with E-state index in [1.807, 2.05) is 41.1 Å². The lowest BCUT2D eigenvalue weighted by atomic mass is 10.2. The van der Waals surface area contributed by atoms with E-state index < -0.39 is 0 Å². The summed E-state index contributed by atoms with van der Waals surface area (Å²) in [4.78, 5) is 17.9. The predicted molar refractivity (Wildman–Crippen MR) is 118 cm³/mol. The Kier molecular flexibility index (Phi) is 4.67. The monoisotopic (exact) mass is 417 g/mol. The van der Waals surface area contributed by atoms with E-state index in [1.54, 1.807) is 19.5 Å². The van der Waals surface area contributed by atoms with Gasteiger partial charge in [0.1, 0.15) is 12.0 Å². The molecule has 5 rings (SSSR count). The van der Waals surface area contributed by atoms with Crippen LogP contribution in [-0.2, 0) is 11.3 Å². The quantitative estimate of drug-likeness (QED) is 0.458. The molecule has 0 spiro atoms. The number of pyridine rings is 1. The maximum absolute atomic E-state index is 13.2. The SMILES string of the molecule is COCCn1ccc2cc3[nH]n(-c4cccc(-c5nncn5C(C)C)n4)c(=O)c3cc21. The Morgan fingerprint density at radius 1 is 1.19 bits per heavy atom. The molecule has 158 valence electrons. The number of methoxy groups -OCH3 is 1. The Hall–Kier alpha value is -3.72. The normalized spacial score (nSPS) is 11.9. The number of fused-ring (bicyclic) bond motifs is 2. The number of H-pyrrole nitrogens is 1. The number of hydrogen-bond donors (Lipinski definition) is 1. The van der Waals surface area contributed by atoms with Gasteiger partial charge in [0, 0.05) is 36.8 Å². The van der Waals surface area contributed by atoms with Crippen LogP contribution in [-0.4, -0.2) is 47.8 Å². The van der Waals surface area contributed by atoms with Crippen molar-refractivity contribution in [2.45, 2.75) is 26.4 Å². The highest BCUT2D eigenvalue weighted by molar-refractivity contribution is 5.95. The Bertz CT molecular complexity index is 1440. The van der Waals surface area contributed by atoms with Crippen molar-refractivity contribution in [3.63, 3.8) is 0 Å². The van der Waals surface area contributed by atoms with Gasteiger partial charge in [0.25, 0.3) is 5.56 Å². The molecule has 1 aromatic carbocycles. The van der Waals surface area contributed by atoms with Crippen molar-refractivity contribution in [3.8, 4) is 17.3 Å². The molecule has 0 amide bonds. The zero-order valence-electron chi connectivity index (χ0n) is 17.6. The van der Waals surface area contributed by atoms with Crippen LogP contribution in [0.3, 0.4) is 0 Å². The Labute approximate surface area is 177 Å². The van der Waals surface area contributed by atoms with Gasteiger partial charge in [0.2, 0.25) is 0 Å². The molecule has 0 unspecified atom stereocenters. The first-order valence-electron chi connectivity index (χ1n) is 10.2. The number of nitrogens with zero attached hydrogens (tertiary/aromatic N) is 6. The largest absolute Gasteiger partial charge is 0.383 e. The van der Waals surface area contributed by atoms with E-state index in [-0.39, 0.29) is 11.6 Å². The van der Waals surface area contributed by atoms with Crippen LogP contribution < -0.4 is 5.56 Å². The van der Waals surface area contributed by atoms with Crippen molar-refractivity contribution in [2.75, 3.05) is 13.7 Å². The second-order valence-corrected chi connectivity index (χ2v) is 7.75. The maximum atomic E-state index is 13.2. The second-order valence-electron chi connectivity index (χ2n) is 7.75. The summed E-state index contributed by atoms with van der Waals surface area (Å²) in [5.74, 6) is 1.17. The van der Waals surface area contributed by atoms with Crippen molar-refractivity contribution in [1.29, 1.82) is 0 Å². The molecule has 0 saturated carbocycles. The highest BCUT2D eigenvalue weighted by Gasteiger charge is 2.15. The molecule has 4 aromatic heterocycles. The van der Waals surface area contributed by atoms with Gasteiger partial charge in [-0.3, -0.25) is 9.89 Å². The molecular formula is C22H23N7O2. The molecule has 5 aromatic rings. The van der Waals surface area contributed by atoms with E-state index in [0.717, 1.165) is 23.0 Å². The molecule has 0 aliphatic rings.